The number of sulfone groups is 1. The number of methoxy groups -OCH3 is 1. The quantitative estimate of drug-likeness (QED) is 0.392. The fourth-order valence-corrected chi connectivity index (χ4v) is 5.34. The van der Waals surface area contributed by atoms with Gasteiger partial charge in [0.1, 0.15) is 12.1 Å². The molecule has 0 amide bonds. The van der Waals surface area contributed by atoms with Crippen LogP contribution in [0, 0.1) is 0 Å². The maximum absolute atomic E-state index is 12.8. The number of hydrogen-bond donors (Lipinski definition) is 3. The van der Waals surface area contributed by atoms with Crippen LogP contribution in [-0.4, -0.2) is 61.9 Å². The van der Waals surface area contributed by atoms with E-state index in [1.54, 1.807) is 45.2 Å². The van der Waals surface area contributed by atoms with Crippen LogP contribution in [-0.2, 0) is 9.84 Å². The van der Waals surface area contributed by atoms with Crippen molar-refractivity contribution >= 4 is 38.8 Å². The molecule has 0 bridgehead atoms. The van der Waals surface area contributed by atoms with Crippen LogP contribution >= 0.6 is 0 Å². The number of nitrogens with zero attached hydrogens (tertiary/aromatic N) is 4. The minimum absolute atomic E-state index is 0.200. The first-order chi connectivity index (χ1) is 17.3. The van der Waals surface area contributed by atoms with Crippen molar-refractivity contribution in [2.75, 3.05) is 42.8 Å². The van der Waals surface area contributed by atoms with Crippen LogP contribution in [0.15, 0.2) is 53.7 Å². The first-order valence-corrected chi connectivity index (χ1v) is 13.5. The highest BCUT2D eigenvalue weighted by Gasteiger charge is 2.23. The monoisotopic (exact) mass is 511 g/mol. The molecule has 2 heterocycles. The van der Waals surface area contributed by atoms with Gasteiger partial charge in [0.15, 0.2) is 9.84 Å². The summed E-state index contributed by atoms with van der Waals surface area (Å²) in [6.07, 6.45) is 3.56. The average Bonchev–Trinajstić information content (AvgIpc) is 2.89. The van der Waals surface area contributed by atoms with Crippen molar-refractivity contribution in [2.45, 2.75) is 42.9 Å². The van der Waals surface area contributed by atoms with E-state index in [2.05, 4.69) is 41.9 Å². The third-order valence-electron chi connectivity index (χ3n) is 6.33. The molecule has 1 aromatic heterocycles. The molecule has 3 N–H and O–H groups in total. The lowest BCUT2D eigenvalue weighted by molar-refractivity contribution is 0.415. The van der Waals surface area contributed by atoms with Crippen LogP contribution in [0.2, 0.25) is 0 Å². The molecule has 0 aliphatic carbocycles. The highest BCUT2D eigenvalue weighted by Crippen LogP contribution is 2.33. The molecule has 0 atom stereocenters. The SMILES string of the molecule is CNC1CCN(c2ccc(Nc3ncnc(Nc4ccccc4S(=O)(=O)C(C)C)n3)c(OC)c2)CC1. The molecule has 0 unspecified atom stereocenters. The molecule has 4 rings (SSSR count). The van der Waals surface area contributed by atoms with Crippen LogP contribution in [0.5, 0.6) is 5.75 Å². The summed E-state index contributed by atoms with van der Waals surface area (Å²) in [7, 11) is 0.154. The molecular weight excluding hydrogens is 478 g/mol. The number of benzene rings is 2. The van der Waals surface area contributed by atoms with E-state index in [9.17, 15) is 8.42 Å². The molecule has 0 radical (unpaired) electrons. The van der Waals surface area contributed by atoms with Crippen LogP contribution in [0.1, 0.15) is 26.7 Å². The van der Waals surface area contributed by atoms with Crippen molar-refractivity contribution in [3.63, 3.8) is 0 Å². The summed E-state index contributed by atoms with van der Waals surface area (Å²) in [5.41, 5.74) is 2.23. The Labute approximate surface area is 212 Å². The minimum Gasteiger partial charge on any atom is -0.494 e. The van der Waals surface area contributed by atoms with E-state index in [0.29, 0.717) is 29.1 Å². The van der Waals surface area contributed by atoms with Crippen molar-refractivity contribution in [3.05, 3.63) is 48.8 Å². The summed E-state index contributed by atoms with van der Waals surface area (Å²) in [4.78, 5) is 15.4. The molecule has 1 saturated heterocycles. The lowest BCUT2D eigenvalue weighted by Gasteiger charge is -2.33. The number of aromatic nitrogens is 3. The van der Waals surface area contributed by atoms with Crippen molar-refractivity contribution in [1.29, 1.82) is 0 Å². The van der Waals surface area contributed by atoms with E-state index >= 15 is 0 Å². The number of rotatable bonds is 9. The summed E-state index contributed by atoms with van der Waals surface area (Å²) in [5, 5.41) is 9.01. The fraction of sp³-hybridized carbons (Fsp3) is 0.400. The maximum atomic E-state index is 12.8. The Morgan fingerprint density at radius 2 is 1.67 bits per heavy atom. The number of piperidine rings is 1. The maximum Gasteiger partial charge on any atom is 0.232 e. The Morgan fingerprint density at radius 1 is 1.00 bits per heavy atom. The van der Waals surface area contributed by atoms with Gasteiger partial charge in [0, 0.05) is 30.9 Å². The molecule has 0 saturated carbocycles. The largest absolute Gasteiger partial charge is 0.494 e. The molecule has 36 heavy (non-hydrogen) atoms. The van der Waals surface area contributed by atoms with Gasteiger partial charge < -0.3 is 25.6 Å². The van der Waals surface area contributed by atoms with Crippen molar-refractivity contribution < 1.29 is 13.2 Å². The summed E-state index contributed by atoms with van der Waals surface area (Å²) >= 11 is 0. The van der Waals surface area contributed by atoms with Crippen molar-refractivity contribution in [1.82, 2.24) is 20.3 Å². The zero-order valence-corrected chi connectivity index (χ0v) is 21.8. The number of ether oxygens (including phenoxy) is 1. The smallest absolute Gasteiger partial charge is 0.232 e. The van der Waals surface area contributed by atoms with Crippen LogP contribution < -0.4 is 25.6 Å². The highest BCUT2D eigenvalue weighted by atomic mass is 32.2. The standard InChI is InChI=1S/C25H33N7O3S/c1-17(2)36(33,34)23-8-6-5-7-21(23)30-25-28-16-27-24(31-25)29-20-10-9-19(15-22(20)35-4)32-13-11-18(26-3)12-14-32/h5-10,15-18,26H,11-14H2,1-4H3,(H2,27,28,29,30,31). The van der Waals surface area contributed by atoms with Crippen LogP contribution in [0.4, 0.5) is 29.0 Å². The Balaban J connectivity index is 1.52. The molecule has 0 spiro atoms. The molecule has 2 aromatic carbocycles. The van der Waals surface area contributed by atoms with Gasteiger partial charge in [-0.2, -0.15) is 4.98 Å². The lowest BCUT2D eigenvalue weighted by atomic mass is 10.0. The number of anilines is 5. The molecular formula is C25H33N7O3S. The predicted molar refractivity (Wildman–Crippen MR) is 142 cm³/mol. The minimum atomic E-state index is -3.49. The summed E-state index contributed by atoms with van der Waals surface area (Å²) in [6.45, 7) is 5.27. The second-order valence-corrected chi connectivity index (χ2v) is 11.4. The van der Waals surface area contributed by atoms with Crippen LogP contribution in [0.25, 0.3) is 0 Å². The summed E-state index contributed by atoms with van der Waals surface area (Å²) in [5.74, 6) is 1.20. The molecule has 192 valence electrons. The zero-order chi connectivity index (χ0) is 25.7. The van der Waals surface area contributed by atoms with Gasteiger partial charge in [-0.1, -0.05) is 12.1 Å². The van der Waals surface area contributed by atoms with E-state index in [0.717, 1.165) is 31.6 Å². The normalized spacial score (nSPS) is 14.6. The van der Waals surface area contributed by atoms with E-state index < -0.39 is 15.1 Å². The lowest BCUT2D eigenvalue weighted by Crippen LogP contribution is -2.41. The topological polar surface area (TPSA) is 121 Å². The second kappa shape index (κ2) is 11.1. The van der Waals surface area contributed by atoms with Crippen molar-refractivity contribution in [2.24, 2.45) is 0 Å². The first kappa shape index (κ1) is 25.6. The summed E-state index contributed by atoms with van der Waals surface area (Å²) in [6, 6.07) is 13.3. The van der Waals surface area contributed by atoms with Gasteiger partial charge in [-0.05, 0) is 58.0 Å². The van der Waals surface area contributed by atoms with Crippen molar-refractivity contribution in [3.8, 4) is 5.75 Å². The van der Waals surface area contributed by atoms with Gasteiger partial charge in [-0.25, -0.2) is 18.4 Å². The van der Waals surface area contributed by atoms with Gasteiger partial charge in [0.2, 0.25) is 11.9 Å². The van der Waals surface area contributed by atoms with Gasteiger partial charge in [-0.3, -0.25) is 0 Å². The molecule has 1 fully saturated rings. The Hall–Kier alpha value is -3.44. The average molecular weight is 512 g/mol. The molecule has 1 aliphatic heterocycles. The van der Waals surface area contributed by atoms with Gasteiger partial charge in [0.05, 0.1) is 28.6 Å². The van der Waals surface area contributed by atoms with E-state index in [4.69, 9.17) is 4.74 Å². The first-order valence-electron chi connectivity index (χ1n) is 12.0. The zero-order valence-electron chi connectivity index (χ0n) is 21.0. The second-order valence-electron chi connectivity index (χ2n) is 8.91. The fourth-order valence-electron chi connectivity index (χ4n) is 4.14. The molecule has 1 aliphatic rings. The third-order valence-corrected chi connectivity index (χ3v) is 8.54. The number of hydrogen-bond acceptors (Lipinski definition) is 10. The third kappa shape index (κ3) is 5.68. The van der Waals surface area contributed by atoms with E-state index in [-0.39, 0.29) is 10.8 Å². The Morgan fingerprint density at radius 3 is 2.31 bits per heavy atom. The number of nitrogens with one attached hydrogen (secondary N) is 3. The van der Waals surface area contributed by atoms with Gasteiger partial charge >= 0.3 is 0 Å². The predicted octanol–water partition coefficient (Wildman–Crippen LogP) is 3.74. The number of para-hydroxylation sites is 1. The van der Waals surface area contributed by atoms with Gasteiger partial charge in [0.25, 0.3) is 0 Å². The Kier molecular flexibility index (Phi) is 7.90. The molecule has 10 nitrogen and oxygen atoms in total. The van der Waals surface area contributed by atoms with E-state index in [1.165, 1.54) is 6.33 Å². The Bertz CT molecular complexity index is 1290. The van der Waals surface area contributed by atoms with Crippen LogP contribution in [0.3, 0.4) is 0 Å². The molecule has 11 heteroatoms. The highest BCUT2D eigenvalue weighted by molar-refractivity contribution is 7.92. The summed E-state index contributed by atoms with van der Waals surface area (Å²) < 4.78 is 31.2. The van der Waals surface area contributed by atoms with E-state index in [1.807, 2.05) is 19.2 Å². The molecule has 3 aromatic rings. The van der Waals surface area contributed by atoms with Gasteiger partial charge in [-0.15, -0.1) is 0 Å².